The molecule has 2 rings (SSSR count). The zero-order valence-corrected chi connectivity index (χ0v) is 10.3. The highest BCUT2D eigenvalue weighted by Crippen LogP contribution is 2.23. The normalized spacial score (nSPS) is 13.0. The number of aromatic nitrogens is 3. The number of hydrogen-bond donors (Lipinski definition) is 1. The predicted octanol–water partition coefficient (Wildman–Crippen LogP) is 2.25. The third-order valence-corrected chi connectivity index (χ3v) is 2.84. The number of aliphatic hydroxyl groups is 1. The number of aryl methyl sites for hydroxylation is 1. The van der Waals surface area contributed by atoms with Crippen LogP contribution in [0.5, 0.6) is 0 Å². The van der Waals surface area contributed by atoms with Gasteiger partial charge in [0.05, 0.1) is 6.20 Å². The van der Waals surface area contributed by atoms with Gasteiger partial charge in [0.2, 0.25) is 0 Å². The van der Waals surface area contributed by atoms with E-state index in [9.17, 15) is 5.11 Å². The highest BCUT2D eigenvalue weighted by molar-refractivity contribution is 5.30. The molecule has 4 nitrogen and oxygen atoms in total. The first-order chi connectivity index (χ1) is 8.09. The molecule has 0 radical (unpaired) electrons. The van der Waals surface area contributed by atoms with Gasteiger partial charge in [-0.2, -0.15) is 5.10 Å². The summed E-state index contributed by atoms with van der Waals surface area (Å²) < 4.78 is 1.84. The van der Waals surface area contributed by atoms with E-state index in [4.69, 9.17) is 0 Å². The van der Waals surface area contributed by atoms with Crippen LogP contribution in [-0.4, -0.2) is 19.9 Å². The summed E-state index contributed by atoms with van der Waals surface area (Å²) in [5.41, 5.74) is 2.66. The molecule has 0 amide bonds. The van der Waals surface area contributed by atoms with E-state index in [1.807, 2.05) is 23.9 Å². The monoisotopic (exact) mass is 231 g/mol. The van der Waals surface area contributed by atoms with Crippen LogP contribution in [0.3, 0.4) is 0 Å². The third-order valence-electron chi connectivity index (χ3n) is 2.84. The topological polar surface area (TPSA) is 50.9 Å². The van der Waals surface area contributed by atoms with Crippen molar-refractivity contribution in [3.05, 3.63) is 47.5 Å². The molecule has 2 aromatic heterocycles. The lowest BCUT2D eigenvalue weighted by atomic mass is 10.0. The van der Waals surface area contributed by atoms with Gasteiger partial charge in [-0.15, -0.1) is 0 Å². The fourth-order valence-electron chi connectivity index (χ4n) is 1.72. The van der Waals surface area contributed by atoms with Crippen molar-refractivity contribution in [2.45, 2.75) is 32.9 Å². The molecule has 2 heterocycles. The number of nitrogens with zero attached hydrogens (tertiary/aromatic N) is 3. The van der Waals surface area contributed by atoms with E-state index in [1.54, 1.807) is 18.6 Å². The Morgan fingerprint density at radius 3 is 2.65 bits per heavy atom. The molecule has 2 aromatic rings. The average Bonchev–Trinajstić information content (AvgIpc) is 2.78. The lowest BCUT2D eigenvalue weighted by Crippen LogP contribution is -2.03. The Labute approximate surface area is 101 Å². The first kappa shape index (κ1) is 11.8. The Morgan fingerprint density at radius 2 is 2.06 bits per heavy atom. The summed E-state index contributed by atoms with van der Waals surface area (Å²) >= 11 is 0. The van der Waals surface area contributed by atoms with Crippen molar-refractivity contribution in [1.82, 2.24) is 14.8 Å². The maximum atomic E-state index is 10.3. The molecule has 0 spiro atoms. The molecule has 90 valence electrons. The minimum atomic E-state index is -0.656. The molecular weight excluding hydrogens is 214 g/mol. The van der Waals surface area contributed by atoms with Crippen molar-refractivity contribution in [1.29, 1.82) is 0 Å². The Bertz CT molecular complexity index is 505. The maximum absolute atomic E-state index is 10.3. The average molecular weight is 231 g/mol. The molecule has 0 aliphatic heterocycles. The van der Waals surface area contributed by atoms with Crippen LogP contribution in [0.25, 0.3) is 0 Å². The van der Waals surface area contributed by atoms with Crippen LogP contribution in [0, 0.1) is 6.92 Å². The van der Waals surface area contributed by atoms with E-state index in [0.717, 1.165) is 16.7 Å². The zero-order chi connectivity index (χ0) is 12.4. The largest absolute Gasteiger partial charge is 0.383 e. The Kier molecular flexibility index (Phi) is 3.24. The summed E-state index contributed by atoms with van der Waals surface area (Å²) in [6.45, 7) is 6.07. The lowest BCUT2D eigenvalue weighted by Gasteiger charge is -2.11. The Balaban J connectivity index is 2.31. The molecule has 1 N–H and O–H groups in total. The van der Waals surface area contributed by atoms with Crippen molar-refractivity contribution in [3.63, 3.8) is 0 Å². The molecule has 0 aliphatic carbocycles. The van der Waals surface area contributed by atoms with E-state index in [2.05, 4.69) is 23.9 Å². The van der Waals surface area contributed by atoms with Crippen LogP contribution in [0.4, 0.5) is 0 Å². The van der Waals surface area contributed by atoms with Gasteiger partial charge in [0, 0.05) is 35.8 Å². The molecule has 0 aliphatic rings. The Morgan fingerprint density at radius 1 is 1.29 bits per heavy atom. The van der Waals surface area contributed by atoms with Crippen LogP contribution in [-0.2, 0) is 0 Å². The van der Waals surface area contributed by atoms with Crippen LogP contribution < -0.4 is 0 Å². The highest BCUT2D eigenvalue weighted by atomic mass is 16.3. The number of hydrogen-bond acceptors (Lipinski definition) is 3. The van der Waals surface area contributed by atoms with Gasteiger partial charge in [-0.1, -0.05) is 0 Å². The second kappa shape index (κ2) is 4.67. The van der Waals surface area contributed by atoms with Gasteiger partial charge in [0.25, 0.3) is 0 Å². The molecule has 0 saturated carbocycles. The van der Waals surface area contributed by atoms with Crippen molar-refractivity contribution in [3.8, 4) is 0 Å². The van der Waals surface area contributed by atoms with Gasteiger partial charge < -0.3 is 5.11 Å². The van der Waals surface area contributed by atoms with Crippen LogP contribution in [0.15, 0.2) is 30.9 Å². The van der Waals surface area contributed by atoms with E-state index in [0.29, 0.717) is 6.04 Å². The van der Waals surface area contributed by atoms with Crippen molar-refractivity contribution >= 4 is 0 Å². The molecule has 0 aromatic carbocycles. The molecule has 4 heteroatoms. The predicted molar refractivity (Wildman–Crippen MR) is 65.6 cm³/mol. The van der Waals surface area contributed by atoms with Crippen molar-refractivity contribution in [2.24, 2.45) is 0 Å². The van der Waals surface area contributed by atoms with Gasteiger partial charge in [0.15, 0.2) is 0 Å². The van der Waals surface area contributed by atoms with Crippen molar-refractivity contribution in [2.75, 3.05) is 0 Å². The second-order valence-corrected chi connectivity index (χ2v) is 4.48. The number of aliphatic hydroxyl groups excluding tert-OH is 1. The maximum Gasteiger partial charge on any atom is 0.109 e. The summed E-state index contributed by atoms with van der Waals surface area (Å²) in [4.78, 5) is 4.05. The number of pyridine rings is 1. The zero-order valence-electron chi connectivity index (χ0n) is 10.3. The van der Waals surface area contributed by atoms with E-state index in [-0.39, 0.29) is 0 Å². The smallest absolute Gasteiger partial charge is 0.109 e. The summed E-state index contributed by atoms with van der Waals surface area (Å²) in [7, 11) is 0. The van der Waals surface area contributed by atoms with Gasteiger partial charge >= 0.3 is 0 Å². The van der Waals surface area contributed by atoms with Gasteiger partial charge in [-0.3, -0.25) is 9.67 Å². The molecule has 0 saturated heterocycles. The van der Waals surface area contributed by atoms with Gasteiger partial charge in [-0.25, -0.2) is 0 Å². The minimum absolute atomic E-state index is 0.297. The quantitative estimate of drug-likeness (QED) is 0.881. The molecular formula is C13H17N3O. The van der Waals surface area contributed by atoms with Crippen LogP contribution in [0.1, 0.15) is 42.7 Å². The highest BCUT2D eigenvalue weighted by Gasteiger charge is 2.15. The van der Waals surface area contributed by atoms with Crippen LogP contribution in [0.2, 0.25) is 0 Å². The third kappa shape index (κ3) is 2.36. The van der Waals surface area contributed by atoms with Gasteiger partial charge in [0.1, 0.15) is 6.10 Å². The number of rotatable bonds is 3. The van der Waals surface area contributed by atoms with E-state index in [1.165, 1.54) is 0 Å². The molecule has 1 atom stereocenters. The fourth-order valence-corrected chi connectivity index (χ4v) is 1.72. The first-order valence-electron chi connectivity index (χ1n) is 5.72. The summed E-state index contributed by atoms with van der Waals surface area (Å²) in [6, 6.07) is 2.19. The van der Waals surface area contributed by atoms with Crippen molar-refractivity contribution < 1.29 is 5.11 Å². The molecule has 17 heavy (non-hydrogen) atoms. The van der Waals surface area contributed by atoms with Gasteiger partial charge in [-0.05, 0) is 32.4 Å². The van der Waals surface area contributed by atoms with E-state index < -0.39 is 6.10 Å². The van der Waals surface area contributed by atoms with Crippen LogP contribution >= 0.6 is 0 Å². The Hall–Kier alpha value is -1.68. The standard InChI is InChI=1S/C13H17N3O/c1-9(2)16-8-11(6-15-16)13(17)12-7-14-5-4-10(12)3/h4-9,13,17H,1-3H3. The summed E-state index contributed by atoms with van der Waals surface area (Å²) in [5, 5.41) is 14.5. The fraction of sp³-hybridized carbons (Fsp3) is 0.385. The SMILES string of the molecule is Cc1ccncc1C(O)c1cnn(C(C)C)c1. The summed E-state index contributed by atoms with van der Waals surface area (Å²) in [5.74, 6) is 0. The minimum Gasteiger partial charge on any atom is -0.383 e. The first-order valence-corrected chi connectivity index (χ1v) is 5.72. The molecule has 0 fully saturated rings. The summed E-state index contributed by atoms with van der Waals surface area (Å²) in [6.07, 6.45) is 6.35. The molecule has 1 unspecified atom stereocenters. The van der Waals surface area contributed by atoms with E-state index >= 15 is 0 Å². The molecule has 0 bridgehead atoms. The lowest BCUT2D eigenvalue weighted by molar-refractivity contribution is 0.219. The second-order valence-electron chi connectivity index (χ2n) is 4.48.